The Bertz CT molecular complexity index is 1060. The van der Waals surface area contributed by atoms with Crippen LogP contribution in [0.3, 0.4) is 0 Å². The van der Waals surface area contributed by atoms with Crippen molar-refractivity contribution >= 4 is 0 Å². The normalized spacial score (nSPS) is 11.7. The third-order valence-electron chi connectivity index (χ3n) is 3.82. The van der Waals surface area contributed by atoms with Gasteiger partial charge in [0.1, 0.15) is 12.2 Å². The topological polar surface area (TPSA) is 69.6 Å². The van der Waals surface area contributed by atoms with Gasteiger partial charge in [-0.2, -0.15) is 18.0 Å². The van der Waals surface area contributed by atoms with Crippen LogP contribution in [0, 0.1) is 0 Å². The van der Waals surface area contributed by atoms with E-state index in [1.807, 2.05) is 30.3 Å². The van der Waals surface area contributed by atoms with Crippen molar-refractivity contribution in [3.8, 4) is 22.7 Å². The zero-order chi connectivity index (χ0) is 18.9. The van der Waals surface area contributed by atoms with Crippen LogP contribution in [0.2, 0.25) is 0 Å². The number of nitrogens with zero attached hydrogens (tertiary/aromatic N) is 5. The third kappa shape index (κ3) is 3.71. The van der Waals surface area contributed by atoms with Gasteiger partial charge in [0.2, 0.25) is 5.82 Å². The van der Waals surface area contributed by atoms with Gasteiger partial charge in [-0.05, 0) is 17.3 Å². The molecule has 0 fully saturated rings. The maximum absolute atomic E-state index is 12.8. The molecule has 0 aliphatic rings. The highest BCUT2D eigenvalue weighted by atomic mass is 19.4. The summed E-state index contributed by atoms with van der Waals surface area (Å²) >= 11 is 0. The van der Waals surface area contributed by atoms with Gasteiger partial charge in [0.15, 0.2) is 5.76 Å². The van der Waals surface area contributed by atoms with Crippen molar-refractivity contribution in [1.29, 1.82) is 0 Å². The first-order chi connectivity index (χ1) is 13.0. The second kappa shape index (κ2) is 6.67. The van der Waals surface area contributed by atoms with Crippen LogP contribution in [-0.4, -0.2) is 25.4 Å². The van der Waals surface area contributed by atoms with Gasteiger partial charge in [0.05, 0.1) is 5.56 Å². The fourth-order valence-electron chi connectivity index (χ4n) is 2.53. The molecule has 0 aliphatic heterocycles. The Labute approximate surface area is 151 Å². The summed E-state index contributed by atoms with van der Waals surface area (Å²) in [7, 11) is 0. The molecule has 2 aromatic heterocycles. The van der Waals surface area contributed by atoms with E-state index in [1.54, 1.807) is 6.07 Å². The van der Waals surface area contributed by atoms with E-state index in [4.69, 9.17) is 4.52 Å². The summed E-state index contributed by atoms with van der Waals surface area (Å²) in [5.74, 6) is 0.705. The molecule has 4 aromatic rings. The molecule has 0 bridgehead atoms. The smallest absolute Gasteiger partial charge is 0.356 e. The fraction of sp³-hybridized carbons (Fsp3) is 0.111. The molecule has 0 N–H and O–H groups in total. The molecule has 0 aliphatic carbocycles. The summed E-state index contributed by atoms with van der Waals surface area (Å²) in [6.07, 6.45) is -4.43. The van der Waals surface area contributed by atoms with E-state index in [-0.39, 0.29) is 17.9 Å². The molecule has 2 aromatic carbocycles. The number of halogens is 3. The Kier molecular flexibility index (Phi) is 4.19. The number of alkyl halides is 3. The van der Waals surface area contributed by atoms with Crippen LogP contribution >= 0.6 is 0 Å². The van der Waals surface area contributed by atoms with Crippen molar-refractivity contribution in [2.24, 2.45) is 0 Å². The molecule has 136 valence electrons. The highest BCUT2D eigenvalue weighted by Gasteiger charge is 2.30. The average Bonchev–Trinajstić information content (AvgIpc) is 3.32. The van der Waals surface area contributed by atoms with Gasteiger partial charge >= 0.3 is 6.18 Å². The monoisotopic (exact) mass is 371 g/mol. The molecule has 0 amide bonds. The van der Waals surface area contributed by atoms with E-state index in [1.165, 1.54) is 16.9 Å². The quantitative estimate of drug-likeness (QED) is 0.541. The SMILES string of the molecule is FC(F)(F)c1cccc(-c2nnn(Cc3cc(-c4ccccc4)on3)n2)c1. The molecule has 2 heterocycles. The number of tetrazole rings is 1. The van der Waals surface area contributed by atoms with Crippen LogP contribution in [-0.2, 0) is 12.7 Å². The summed E-state index contributed by atoms with van der Waals surface area (Å²) in [5, 5.41) is 15.8. The molecule has 6 nitrogen and oxygen atoms in total. The Morgan fingerprint density at radius 1 is 0.926 bits per heavy atom. The summed E-state index contributed by atoms with van der Waals surface area (Å²) < 4.78 is 43.8. The summed E-state index contributed by atoms with van der Waals surface area (Å²) in [6.45, 7) is 0.183. The van der Waals surface area contributed by atoms with Gasteiger partial charge in [-0.25, -0.2) is 0 Å². The number of hydrogen-bond donors (Lipinski definition) is 0. The van der Waals surface area contributed by atoms with E-state index in [0.29, 0.717) is 11.5 Å². The molecule has 0 spiro atoms. The minimum atomic E-state index is -4.43. The van der Waals surface area contributed by atoms with Crippen molar-refractivity contribution in [1.82, 2.24) is 25.4 Å². The zero-order valence-electron chi connectivity index (χ0n) is 13.8. The maximum Gasteiger partial charge on any atom is 0.416 e. The van der Waals surface area contributed by atoms with Gasteiger partial charge in [0.25, 0.3) is 0 Å². The second-order valence-corrected chi connectivity index (χ2v) is 5.77. The number of hydrogen-bond acceptors (Lipinski definition) is 5. The molecular weight excluding hydrogens is 359 g/mol. The molecule has 0 atom stereocenters. The first-order valence-corrected chi connectivity index (χ1v) is 7.95. The van der Waals surface area contributed by atoms with E-state index in [2.05, 4.69) is 20.6 Å². The number of aromatic nitrogens is 5. The predicted octanol–water partition coefficient (Wildman–Crippen LogP) is 4.06. The molecule has 0 unspecified atom stereocenters. The summed E-state index contributed by atoms with van der Waals surface area (Å²) in [6, 6.07) is 16.0. The Hall–Kier alpha value is -3.49. The van der Waals surface area contributed by atoms with Gasteiger partial charge < -0.3 is 4.52 Å². The first-order valence-electron chi connectivity index (χ1n) is 7.95. The predicted molar refractivity (Wildman–Crippen MR) is 89.3 cm³/mol. The molecule has 9 heteroatoms. The van der Waals surface area contributed by atoms with Crippen LogP contribution in [0.5, 0.6) is 0 Å². The summed E-state index contributed by atoms with van der Waals surface area (Å²) in [4.78, 5) is 1.25. The van der Waals surface area contributed by atoms with Crippen LogP contribution < -0.4 is 0 Å². The Morgan fingerprint density at radius 2 is 1.70 bits per heavy atom. The largest absolute Gasteiger partial charge is 0.416 e. The Balaban J connectivity index is 1.53. The lowest BCUT2D eigenvalue weighted by molar-refractivity contribution is -0.137. The van der Waals surface area contributed by atoms with Crippen molar-refractivity contribution in [2.75, 3.05) is 0 Å². The highest BCUT2D eigenvalue weighted by Crippen LogP contribution is 2.31. The lowest BCUT2D eigenvalue weighted by atomic mass is 10.1. The van der Waals surface area contributed by atoms with Crippen molar-refractivity contribution in [2.45, 2.75) is 12.7 Å². The fourth-order valence-corrected chi connectivity index (χ4v) is 2.53. The van der Waals surface area contributed by atoms with Gasteiger partial charge in [-0.1, -0.05) is 47.6 Å². The van der Waals surface area contributed by atoms with Crippen LogP contribution in [0.1, 0.15) is 11.3 Å². The van der Waals surface area contributed by atoms with Crippen molar-refractivity contribution < 1.29 is 17.7 Å². The van der Waals surface area contributed by atoms with E-state index >= 15 is 0 Å². The number of rotatable bonds is 4. The standard InChI is InChI=1S/C18H12F3N5O/c19-18(20,21)14-8-4-7-13(9-14)17-22-25-26(23-17)11-15-10-16(27-24-15)12-5-2-1-3-6-12/h1-10H,11H2. The van der Waals surface area contributed by atoms with Gasteiger partial charge in [-0.15, -0.1) is 10.2 Å². The molecule has 4 rings (SSSR count). The molecule has 0 radical (unpaired) electrons. The molecule has 27 heavy (non-hydrogen) atoms. The van der Waals surface area contributed by atoms with E-state index < -0.39 is 11.7 Å². The molecule has 0 saturated carbocycles. The average molecular weight is 371 g/mol. The molecule has 0 saturated heterocycles. The Morgan fingerprint density at radius 3 is 2.48 bits per heavy atom. The van der Waals surface area contributed by atoms with E-state index in [9.17, 15) is 13.2 Å². The van der Waals surface area contributed by atoms with Crippen molar-refractivity contribution in [3.63, 3.8) is 0 Å². The number of benzene rings is 2. The van der Waals surface area contributed by atoms with Crippen LogP contribution in [0.15, 0.2) is 65.2 Å². The van der Waals surface area contributed by atoms with Crippen molar-refractivity contribution in [3.05, 3.63) is 71.9 Å². The van der Waals surface area contributed by atoms with Crippen LogP contribution in [0.25, 0.3) is 22.7 Å². The van der Waals surface area contributed by atoms with Gasteiger partial charge in [0, 0.05) is 17.2 Å². The lowest BCUT2D eigenvalue weighted by Gasteiger charge is -2.06. The zero-order valence-corrected chi connectivity index (χ0v) is 13.8. The van der Waals surface area contributed by atoms with Crippen LogP contribution in [0.4, 0.5) is 13.2 Å². The van der Waals surface area contributed by atoms with E-state index in [0.717, 1.165) is 17.7 Å². The second-order valence-electron chi connectivity index (χ2n) is 5.77. The maximum atomic E-state index is 12.8. The first kappa shape index (κ1) is 17.0. The minimum Gasteiger partial charge on any atom is -0.356 e. The highest BCUT2D eigenvalue weighted by molar-refractivity contribution is 5.57. The van der Waals surface area contributed by atoms with Gasteiger partial charge in [-0.3, -0.25) is 0 Å². The lowest BCUT2D eigenvalue weighted by Crippen LogP contribution is -2.05. The third-order valence-corrected chi connectivity index (χ3v) is 3.82. The minimum absolute atomic E-state index is 0.105. The molecular formula is C18H12F3N5O. The summed E-state index contributed by atoms with van der Waals surface area (Å²) in [5.41, 5.74) is 0.927.